The summed E-state index contributed by atoms with van der Waals surface area (Å²) in [5, 5.41) is 3.47. The van der Waals surface area contributed by atoms with Crippen LogP contribution in [0.15, 0.2) is 0 Å². The molecule has 1 fully saturated rings. The lowest BCUT2D eigenvalue weighted by atomic mass is 10.3. The number of nitrogens with one attached hydrogen (secondary N) is 1. The molecule has 0 aromatic rings. The molecule has 0 spiro atoms. The Bertz CT molecular complexity index is 193. The van der Waals surface area contributed by atoms with Crippen LogP contribution in [-0.4, -0.2) is 69.8 Å². The number of morpholine rings is 1. The third-order valence-corrected chi connectivity index (χ3v) is 2.97. The number of rotatable bonds is 9. The van der Waals surface area contributed by atoms with E-state index in [9.17, 15) is 0 Å². The van der Waals surface area contributed by atoms with Crippen LogP contribution in [0, 0.1) is 0 Å². The minimum absolute atomic E-state index is 0.132. The lowest BCUT2D eigenvalue weighted by molar-refractivity contribution is -0.133. The molecular weight excluding hydrogens is 232 g/mol. The Morgan fingerprint density at radius 1 is 1.17 bits per heavy atom. The van der Waals surface area contributed by atoms with Crippen molar-refractivity contribution in [3.05, 3.63) is 0 Å². The van der Waals surface area contributed by atoms with Crippen LogP contribution < -0.4 is 5.32 Å². The van der Waals surface area contributed by atoms with Gasteiger partial charge in [-0.1, -0.05) is 0 Å². The van der Waals surface area contributed by atoms with Gasteiger partial charge in [0.25, 0.3) is 0 Å². The maximum absolute atomic E-state index is 5.50. The molecule has 1 aliphatic heterocycles. The van der Waals surface area contributed by atoms with E-state index in [1.807, 2.05) is 13.8 Å². The van der Waals surface area contributed by atoms with E-state index in [4.69, 9.17) is 14.2 Å². The molecule has 5 nitrogen and oxygen atoms in total. The van der Waals surface area contributed by atoms with Crippen LogP contribution in [0.4, 0.5) is 0 Å². The highest BCUT2D eigenvalue weighted by atomic mass is 16.7. The standard InChI is InChI=1S/C13H28N2O3/c1-4-17-13(18-5-2)10-14-12(3)11-15-6-8-16-9-7-15/h12-14H,4-11H2,1-3H3. The number of ether oxygens (including phenoxy) is 3. The first-order chi connectivity index (χ1) is 8.76. The molecule has 1 rings (SSSR count). The molecule has 1 heterocycles. The smallest absolute Gasteiger partial charge is 0.169 e. The average molecular weight is 260 g/mol. The minimum Gasteiger partial charge on any atom is -0.379 e. The quantitative estimate of drug-likeness (QED) is 0.618. The van der Waals surface area contributed by atoms with Crippen molar-refractivity contribution in [2.24, 2.45) is 0 Å². The van der Waals surface area contributed by atoms with Crippen molar-refractivity contribution in [1.29, 1.82) is 0 Å². The third kappa shape index (κ3) is 6.66. The Kier molecular flexibility index (Phi) is 8.54. The monoisotopic (exact) mass is 260 g/mol. The summed E-state index contributed by atoms with van der Waals surface area (Å²) in [4.78, 5) is 2.43. The lowest BCUT2D eigenvalue weighted by Crippen LogP contribution is -2.46. The van der Waals surface area contributed by atoms with Crippen molar-refractivity contribution < 1.29 is 14.2 Å². The first-order valence-electron chi connectivity index (χ1n) is 7.03. The number of nitrogens with zero attached hydrogens (tertiary/aromatic N) is 1. The largest absolute Gasteiger partial charge is 0.379 e. The van der Waals surface area contributed by atoms with Crippen molar-refractivity contribution in [2.45, 2.75) is 33.1 Å². The van der Waals surface area contributed by atoms with E-state index in [0.29, 0.717) is 19.3 Å². The highest BCUT2D eigenvalue weighted by Gasteiger charge is 2.15. The van der Waals surface area contributed by atoms with Crippen LogP contribution in [0.3, 0.4) is 0 Å². The predicted molar refractivity (Wildman–Crippen MR) is 71.8 cm³/mol. The fraction of sp³-hybridized carbons (Fsp3) is 1.00. The van der Waals surface area contributed by atoms with E-state index in [1.165, 1.54) is 0 Å². The molecule has 1 saturated heterocycles. The second-order valence-corrected chi connectivity index (χ2v) is 4.56. The van der Waals surface area contributed by atoms with E-state index in [2.05, 4.69) is 17.1 Å². The average Bonchev–Trinajstić information content (AvgIpc) is 2.38. The van der Waals surface area contributed by atoms with Crippen molar-refractivity contribution >= 4 is 0 Å². The summed E-state index contributed by atoms with van der Waals surface area (Å²) in [5.74, 6) is 0. The maximum atomic E-state index is 5.50. The SMILES string of the molecule is CCOC(CNC(C)CN1CCOCC1)OCC. The fourth-order valence-corrected chi connectivity index (χ4v) is 2.07. The van der Waals surface area contributed by atoms with E-state index in [1.54, 1.807) is 0 Å². The van der Waals surface area contributed by atoms with E-state index < -0.39 is 0 Å². The molecule has 0 saturated carbocycles. The molecule has 5 heteroatoms. The summed E-state index contributed by atoms with van der Waals surface area (Å²) >= 11 is 0. The highest BCUT2D eigenvalue weighted by Crippen LogP contribution is 1.99. The van der Waals surface area contributed by atoms with Crippen LogP contribution in [0.1, 0.15) is 20.8 Å². The topological polar surface area (TPSA) is 43.0 Å². The summed E-state index contributed by atoms with van der Waals surface area (Å²) in [6, 6.07) is 0.437. The van der Waals surface area contributed by atoms with Crippen molar-refractivity contribution in [2.75, 3.05) is 52.6 Å². The van der Waals surface area contributed by atoms with Crippen LogP contribution in [0.2, 0.25) is 0 Å². The van der Waals surface area contributed by atoms with Gasteiger partial charge in [0.2, 0.25) is 0 Å². The number of hydrogen-bond acceptors (Lipinski definition) is 5. The van der Waals surface area contributed by atoms with Gasteiger partial charge in [-0.2, -0.15) is 0 Å². The summed E-state index contributed by atoms with van der Waals surface area (Å²) in [6.07, 6.45) is -0.132. The Balaban J connectivity index is 2.15. The van der Waals surface area contributed by atoms with E-state index in [0.717, 1.165) is 39.4 Å². The van der Waals surface area contributed by atoms with Crippen LogP contribution in [0.5, 0.6) is 0 Å². The van der Waals surface area contributed by atoms with Gasteiger partial charge in [-0.15, -0.1) is 0 Å². The zero-order chi connectivity index (χ0) is 13.2. The lowest BCUT2D eigenvalue weighted by Gasteiger charge is -2.30. The maximum Gasteiger partial charge on any atom is 0.169 e. The van der Waals surface area contributed by atoms with Gasteiger partial charge in [0.05, 0.1) is 13.2 Å². The molecule has 108 valence electrons. The molecule has 18 heavy (non-hydrogen) atoms. The molecule has 1 aliphatic rings. The molecule has 0 radical (unpaired) electrons. The first-order valence-corrected chi connectivity index (χ1v) is 7.03. The van der Waals surface area contributed by atoms with Crippen LogP contribution in [0.25, 0.3) is 0 Å². The first kappa shape index (κ1) is 15.9. The van der Waals surface area contributed by atoms with Gasteiger partial charge in [0.1, 0.15) is 0 Å². The van der Waals surface area contributed by atoms with E-state index >= 15 is 0 Å². The Labute approximate surface area is 111 Å². The third-order valence-electron chi connectivity index (χ3n) is 2.97. The molecular formula is C13H28N2O3. The van der Waals surface area contributed by atoms with Crippen molar-refractivity contribution in [1.82, 2.24) is 10.2 Å². The second kappa shape index (κ2) is 9.69. The summed E-state index contributed by atoms with van der Waals surface area (Å²) in [7, 11) is 0. The summed E-state index contributed by atoms with van der Waals surface area (Å²) in [5.41, 5.74) is 0. The van der Waals surface area contributed by atoms with Gasteiger partial charge in [0.15, 0.2) is 6.29 Å². The van der Waals surface area contributed by atoms with Gasteiger partial charge in [-0.05, 0) is 20.8 Å². The fourth-order valence-electron chi connectivity index (χ4n) is 2.07. The zero-order valence-corrected chi connectivity index (χ0v) is 12.0. The molecule has 0 amide bonds. The van der Waals surface area contributed by atoms with Gasteiger partial charge in [0, 0.05) is 45.4 Å². The van der Waals surface area contributed by atoms with Gasteiger partial charge >= 0.3 is 0 Å². The zero-order valence-electron chi connectivity index (χ0n) is 12.0. The molecule has 0 aliphatic carbocycles. The Morgan fingerprint density at radius 3 is 2.33 bits per heavy atom. The highest BCUT2D eigenvalue weighted by molar-refractivity contribution is 4.70. The van der Waals surface area contributed by atoms with Crippen LogP contribution >= 0.6 is 0 Å². The minimum atomic E-state index is -0.132. The summed E-state index contributed by atoms with van der Waals surface area (Å²) < 4.78 is 16.4. The van der Waals surface area contributed by atoms with Crippen molar-refractivity contribution in [3.63, 3.8) is 0 Å². The molecule has 0 aromatic carbocycles. The van der Waals surface area contributed by atoms with Crippen molar-refractivity contribution in [3.8, 4) is 0 Å². The second-order valence-electron chi connectivity index (χ2n) is 4.56. The molecule has 1 N–H and O–H groups in total. The predicted octanol–water partition coefficient (Wildman–Crippen LogP) is 0.696. The van der Waals surface area contributed by atoms with Gasteiger partial charge < -0.3 is 19.5 Å². The van der Waals surface area contributed by atoms with Gasteiger partial charge in [-0.25, -0.2) is 0 Å². The summed E-state index contributed by atoms with van der Waals surface area (Å²) in [6.45, 7) is 13.1. The number of hydrogen-bond donors (Lipinski definition) is 1. The normalized spacial score (nSPS) is 19.3. The molecule has 0 aromatic heterocycles. The molecule has 1 unspecified atom stereocenters. The van der Waals surface area contributed by atoms with Gasteiger partial charge in [-0.3, -0.25) is 4.90 Å². The molecule has 1 atom stereocenters. The Hall–Kier alpha value is -0.200. The van der Waals surface area contributed by atoms with E-state index in [-0.39, 0.29) is 6.29 Å². The Morgan fingerprint density at radius 2 is 1.78 bits per heavy atom. The van der Waals surface area contributed by atoms with Crippen LogP contribution in [-0.2, 0) is 14.2 Å². The molecule has 0 bridgehead atoms.